The van der Waals surface area contributed by atoms with Gasteiger partial charge in [0.05, 0.1) is 16.3 Å². The van der Waals surface area contributed by atoms with Gasteiger partial charge in [0, 0.05) is 11.6 Å². The van der Waals surface area contributed by atoms with E-state index in [1.165, 1.54) is 25.1 Å². The summed E-state index contributed by atoms with van der Waals surface area (Å²) in [4.78, 5) is 24.6. The van der Waals surface area contributed by atoms with Crippen molar-refractivity contribution in [2.45, 2.75) is 39.7 Å². The molecule has 0 saturated carbocycles. The predicted molar refractivity (Wildman–Crippen MR) is 95.0 cm³/mol. The van der Waals surface area contributed by atoms with Gasteiger partial charge in [-0.05, 0) is 32.0 Å². The van der Waals surface area contributed by atoms with Crippen molar-refractivity contribution in [3.05, 3.63) is 45.8 Å². The number of hydrogen-bond acceptors (Lipinski definition) is 6. The number of rotatable bonds is 5. The van der Waals surface area contributed by atoms with Crippen molar-refractivity contribution in [3.63, 3.8) is 0 Å². The minimum absolute atomic E-state index is 0.0522. The third kappa shape index (κ3) is 4.21. The summed E-state index contributed by atoms with van der Waals surface area (Å²) in [5.41, 5.74) is 1.34. The highest BCUT2D eigenvalue weighted by atomic mass is 35.5. The van der Waals surface area contributed by atoms with Crippen LogP contribution in [-0.4, -0.2) is 23.1 Å². The number of carbonyl (C=O) groups excluding carboxylic acids is 2. The van der Waals surface area contributed by atoms with E-state index in [1.807, 2.05) is 19.9 Å². The molecular weight excluding hydrogens is 358 g/mol. The number of nitriles is 1. The number of halogens is 1. The Labute approximate surface area is 155 Å². The third-order valence-electron chi connectivity index (χ3n) is 3.63. The molecule has 7 nitrogen and oxygen atoms in total. The van der Waals surface area contributed by atoms with Gasteiger partial charge in [-0.2, -0.15) is 5.26 Å². The molecule has 0 spiro atoms. The molecule has 1 N–H and O–H groups in total. The molecule has 0 radical (unpaired) electrons. The summed E-state index contributed by atoms with van der Waals surface area (Å²) < 4.78 is 10.4. The van der Waals surface area contributed by atoms with E-state index in [4.69, 9.17) is 26.1 Å². The van der Waals surface area contributed by atoms with Gasteiger partial charge in [0.25, 0.3) is 5.91 Å². The Morgan fingerprint density at radius 3 is 2.62 bits per heavy atom. The molecule has 26 heavy (non-hydrogen) atoms. The maximum absolute atomic E-state index is 12.4. The molecular formula is C18H18ClN3O4. The van der Waals surface area contributed by atoms with Crippen molar-refractivity contribution in [1.29, 1.82) is 5.26 Å². The third-order valence-corrected chi connectivity index (χ3v) is 3.94. The van der Waals surface area contributed by atoms with Crippen LogP contribution in [0, 0.1) is 18.3 Å². The molecule has 1 aromatic carbocycles. The molecule has 8 heteroatoms. The molecule has 2 aromatic rings. The first-order valence-electron chi connectivity index (χ1n) is 7.92. The smallest absolute Gasteiger partial charge is 0.344 e. The summed E-state index contributed by atoms with van der Waals surface area (Å²) >= 11 is 5.93. The highest BCUT2D eigenvalue weighted by molar-refractivity contribution is 6.32. The van der Waals surface area contributed by atoms with Gasteiger partial charge >= 0.3 is 5.97 Å². The molecule has 0 aliphatic rings. The minimum atomic E-state index is -1.05. The van der Waals surface area contributed by atoms with Gasteiger partial charge in [-0.1, -0.05) is 30.6 Å². The Kier molecular flexibility index (Phi) is 6.01. The van der Waals surface area contributed by atoms with Crippen LogP contribution in [0.2, 0.25) is 5.02 Å². The summed E-state index contributed by atoms with van der Waals surface area (Å²) in [5.74, 6) is -0.838. The number of esters is 1. The van der Waals surface area contributed by atoms with Crippen LogP contribution in [0.1, 0.15) is 54.1 Å². The average molecular weight is 376 g/mol. The fourth-order valence-corrected chi connectivity index (χ4v) is 2.45. The van der Waals surface area contributed by atoms with Crippen molar-refractivity contribution in [3.8, 4) is 6.07 Å². The minimum Gasteiger partial charge on any atom is -0.449 e. The normalized spacial score (nSPS) is 11.7. The van der Waals surface area contributed by atoms with E-state index in [9.17, 15) is 9.59 Å². The molecule has 0 saturated heterocycles. The first kappa shape index (κ1) is 19.5. The lowest BCUT2D eigenvalue weighted by Crippen LogP contribution is -2.30. The highest BCUT2D eigenvalue weighted by Crippen LogP contribution is 2.24. The van der Waals surface area contributed by atoms with E-state index in [0.717, 1.165) is 0 Å². The Bertz CT molecular complexity index is 883. The molecule has 1 aromatic heterocycles. The maximum atomic E-state index is 12.4. The lowest BCUT2D eigenvalue weighted by molar-refractivity contribution is -0.123. The maximum Gasteiger partial charge on any atom is 0.344 e. The SMILES string of the molecule is Cc1noc(C(C)C)c1C(=O)O[C@H](C)C(=O)Nc1ccc(C#N)c(Cl)c1. The number of aromatic nitrogens is 1. The van der Waals surface area contributed by atoms with Gasteiger partial charge in [-0.3, -0.25) is 4.79 Å². The zero-order valence-corrected chi connectivity index (χ0v) is 15.5. The van der Waals surface area contributed by atoms with Crippen LogP contribution < -0.4 is 5.32 Å². The summed E-state index contributed by atoms with van der Waals surface area (Å²) in [6.07, 6.45) is -1.05. The van der Waals surface area contributed by atoms with Crippen LogP contribution in [0.25, 0.3) is 0 Å². The fraction of sp³-hybridized carbons (Fsp3) is 0.333. The van der Waals surface area contributed by atoms with Gasteiger partial charge in [0.2, 0.25) is 0 Å². The van der Waals surface area contributed by atoms with Gasteiger partial charge in [0.1, 0.15) is 11.6 Å². The monoisotopic (exact) mass is 375 g/mol. The van der Waals surface area contributed by atoms with Gasteiger partial charge < -0.3 is 14.6 Å². The van der Waals surface area contributed by atoms with Crippen molar-refractivity contribution in [2.24, 2.45) is 0 Å². The molecule has 0 bridgehead atoms. The van der Waals surface area contributed by atoms with Crippen LogP contribution in [0.4, 0.5) is 5.69 Å². The van der Waals surface area contributed by atoms with Crippen LogP contribution in [0.5, 0.6) is 0 Å². The second-order valence-electron chi connectivity index (χ2n) is 6.01. The first-order chi connectivity index (χ1) is 12.2. The number of nitrogens with zero attached hydrogens (tertiary/aromatic N) is 2. The van der Waals surface area contributed by atoms with Crippen LogP contribution >= 0.6 is 11.6 Å². The van der Waals surface area contributed by atoms with Gasteiger partial charge in [-0.25, -0.2) is 4.79 Å². The van der Waals surface area contributed by atoms with E-state index in [-0.39, 0.29) is 16.5 Å². The Morgan fingerprint density at radius 2 is 2.04 bits per heavy atom. The average Bonchev–Trinajstić information content (AvgIpc) is 2.97. The van der Waals surface area contributed by atoms with Crippen LogP contribution in [0.3, 0.4) is 0 Å². The largest absolute Gasteiger partial charge is 0.449 e. The van der Waals surface area contributed by atoms with E-state index >= 15 is 0 Å². The molecule has 0 aliphatic heterocycles. The summed E-state index contributed by atoms with van der Waals surface area (Å²) in [7, 11) is 0. The zero-order chi connectivity index (χ0) is 19.4. The Morgan fingerprint density at radius 1 is 1.35 bits per heavy atom. The van der Waals surface area contributed by atoms with Gasteiger partial charge in [0.15, 0.2) is 11.9 Å². The predicted octanol–water partition coefficient (Wildman–Crippen LogP) is 3.82. The second kappa shape index (κ2) is 8.02. The molecule has 1 atom stereocenters. The quantitative estimate of drug-likeness (QED) is 0.796. The Hall–Kier alpha value is -2.85. The molecule has 136 valence electrons. The first-order valence-corrected chi connectivity index (χ1v) is 8.30. The molecule has 0 fully saturated rings. The molecule has 0 unspecified atom stereocenters. The highest BCUT2D eigenvalue weighted by Gasteiger charge is 2.27. The number of aryl methyl sites for hydroxylation is 1. The number of carbonyl (C=O) groups is 2. The van der Waals surface area contributed by atoms with Crippen molar-refractivity contribution >= 4 is 29.2 Å². The summed E-state index contributed by atoms with van der Waals surface area (Å²) in [6, 6.07) is 6.41. The number of ether oxygens (including phenoxy) is 1. The molecule has 1 amide bonds. The summed E-state index contributed by atoms with van der Waals surface area (Å²) in [6.45, 7) is 6.81. The molecule has 0 aliphatic carbocycles. The lowest BCUT2D eigenvalue weighted by Gasteiger charge is -2.14. The van der Waals surface area contributed by atoms with Crippen LogP contribution in [0.15, 0.2) is 22.7 Å². The zero-order valence-electron chi connectivity index (χ0n) is 14.8. The summed E-state index contributed by atoms with van der Waals surface area (Å²) in [5, 5.41) is 15.5. The second-order valence-corrected chi connectivity index (χ2v) is 6.41. The van der Waals surface area contributed by atoms with E-state index in [0.29, 0.717) is 22.7 Å². The standard InChI is InChI=1S/C18H18ClN3O4/c1-9(2)16-15(10(3)22-26-16)18(24)25-11(4)17(23)21-13-6-5-12(8-20)14(19)7-13/h5-7,9,11H,1-4H3,(H,21,23)/t11-/m1/s1. The van der Waals surface area contributed by atoms with Gasteiger partial charge in [-0.15, -0.1) is 0 Å². The van der Waals surface area contributed by atoms with Crippen molar-refractivity contribution in [1.82, 2.24) is 5.16 Å². The number of hydrogen-bond donors (Lipinski definition) is 1. The lowest BCUT2D eigenvalue weighted by atomic mass is 10.1. The van der Waals surface area contributed by atoms with E-state index < -0.39 is 18.0 Å². The number of amides is 1. The van der Waals surface area contributed by atoms with Crippen molar-refractivity contribution in [2.75, 3.05) is 5.32 Å². The Balaban J connectivity index is 2.08. The fourth-order valence-electron chi connectivity index (χ4n) is 2.23. The molecule has 2 rings (SSSR count). The number of nitrogens with one attached hydrogen (secondary N) is 1. The van der Waals surface area contributed by atoms with E-state index in [2.05, 4.69) is 10.5 Å². The van der Waals surface area contributed by atoms with Crippen molar-refractivity contribution < 1.29 is 18.8 Å². The van der Waals surface area contributed by atoms with Crippen LogP contribution in [-0.2, 0) is 9.53 Å². The molecule has 1 heterocycles. The topological polar surface area (TPSA) is 105 Å². The number of anilines is 1. The number of benzene rings is 1. The van der Waals surface area contributed by atoms with E-state index in [1.54, 1.807) is 6.92 Å².